The second-order valence-electron chi connectivity index (χ2n) is 8.96. The molecule has 3 nitrogen and oxygen atoms in total. The maximum absolute atomic E-state index is 4.89. The van der Waals surface area contributed by atoms with Crippen LogP contribution in [0.15, 0.2) is 127 Å². The summed E-state index contributed by atoms with van der Waals surface area (Å²) in [5, 5.41) is 7.39. The molecule has 0 aliphatic carbocycles. The molecule has 0 unspecified atom stereocenters. The molecule has 1 heterocycles. The van der Waals surface area contributed by atoms with Gasteiger partial charge in [-0.1, -0.05) is 109 Å². The third kappa shape index (κ3) is 3.58. The highest BCUT2D eigenvalue weighted by Gasteiger charge is 2.13. The van der Waals surface area contributed by atoms with Gasteiger partial charge in [0.1, 0.15) is 0 Å². The van der Waals surface area contributed by atoms with Gasteiger partial charge in [-0.2, -0.15) is 0 Å². The highest BCUT2D eigenvalue weighted by Crippen LogP contribution is 2.32. The molecule has 36 heavy (non-hydrogen) atoms. The predicted molar refractivity (Wildman–Crippen MR) is 149 cm³/mol. The van der Waals surface area contributed by atoms with E-state index in [1.807, 2.05) is 60.7 Å². The Bertz CT molecular complexity index is 1820. The van der Waals surface area contributed by atoms with Crippen molar-refractivity contribution in [2.45, 2.75) is 0 Å². The standard InChI is InChI=1S/C33H21N3/c1-3-10-23(11-4-1)31-34-32(24-12-5-2-6-13-24)36-33(35-31)27-18-16-25-21-30-26(19-28(25)20-27)17-15-22-9-7-8-14-29(22)30/h1-21H. The first-order valence-electron chi connectivity index (χ1n) is 12.0. The summed E-state index contributed by atoms with van der Waals surface area (Å²) >= 11 is 0. The molecule has 0 fully saturated rings. The average molecular weight is 460 g/mol. The van der Waals surface area contributed by atoms with E-state index in [0.717, 1.165) is 16.7 Å². The molecule has 1 aromatic heterocycles. The summed E-state index contributed by atoms with van der Waals surface area (Å²) in [7, 11) is 0. The molecule has 7 aromatic rings. The van der Waals surface area contributed by atoms with Crippen molar-refractivity contribution in [1.29, 1.82) is 0 Å². The van der Waals surface area contributed by atoms with Gasteiger partial charge in [0.05, 0.1) is 0 Å². The molecule has 168 valence electrons. The Kier molecular flexibility index (Phi) is 4.78. The Morgan fingerprint density at radius 1 is 0.306 bits per heavy atom. The van der Waals surface area contributed by atoms with Crippen molar-refractivity contribution in [3.8, 4) is 34.2 Å². The maximum atomic E-state index is 4.89. The first kappa shape index (κ1) is 20.5. The van der Waals surface area contributed by atoms with E-state index in [0.29, 0.717) is 17.5 Å². The van der Waals surface area contributed by atoms with Gasteiger partial charge in [-0.15, -0.1) is 0 Å². The molecular weight excluding hydrogens is 438 g/mol. The number of fused-ring (bicyclic) bond motifs is 4. The summed E-state index contributed by atoms with van der Waals surface area (Å²) < 4.78 is 0. The minimum absolute atomic E-state index is 0.670. The van der Waals surface area contributed by atoms with Gasteiger partial charge in [-0.25, -0.2) is 15.0 Å². The fourth-order valence-corrected chi connectivity index (χ4v) is 4.83. The maximum Gasteiger partial charge on any atom is 0.164 e. The fraction of sp³-hybridized carbons (Fsp3) is 0. The fourth-order valence-electron chi connectivity index (χ4n) is 4.83. The number of rotatable bonds is 3. The van der Waals surface area contributed by atoms with Crippen molar-refractivity contribution in [2.24, 2.45) is 0 Å². The summed E-state index contributed by atoms with van der Waals surface area (Å²) in [5.74, 6) is 2.01. The van der Waals surface area contributed by atoms with E-state index in [1.54, 1.807) is 0 Å². The second kappa shape index (κ2) is 8.40. The van der Waals surface area contributed by atoms with Crippen LogP contribution in [0.5, 0.6) is 0 Å². The third-order valence-electron chi connectivity index (χ3n) is 6.66. The van der Waals surface area contributed by atoms with E-state index in [4.69, 9.17) is 15.0 Å². The lowest BCUT2D eigenvalue weighted by Gasteiger charge is -2.10. The van der Waals surface area contributed by atoms with Crippen LogP contribution >= 0.6 is 0 Å². The highest BCUT2D eigenvalue weighted by atomic mass is 15.0. The van der Waals surface area contributed by atoms with Gasteiger partial charge < -0.3 is 0 Å². The monoisotopic (exact) mass is 459 g/mol. The summed E-state index contributed by atoms with van der Waals surface area (Å²) in [6, 6.07) is 44.1. The van der Waals surface area contributed by atoms with E-state index in [9.17, 15) is 0 Å². The van der Waals surface area contributed by atoms with Crippen LogP contribution in [0, 0.1) is 0 Å². The Balaban J connectivity index is 1.42. The largest absolute Gasteiger partial charge is 0.208 e. The molecule has 0 N–H and O–H groups in total. The first-order chi connectivity index (χ1) is 17.8. The third-order valence-corrected chi connectivity index (χ3v) is 6.66. The summed E-state index contributed by atoms with van der Waals surface area (Å²) in [6.45, 7) is 0. The number of hydrogen-bond acceptors (Lipinski definition) is 3. The molecule has 0 atom stereocenters. The number of aromatic nitrogens is 3. The minimum Gasteiger partial charge on any atom is -0.208 e. The molecular formula is C33H21N3. The molecule has 0 radical (unpaired) electrons. The van der Waals surface area contributed by atoms with Crippen molar-refractivity contribution >= 4 is 32.3 Å². The van der Waals surface area contributed by atoms with E-state index in [2.05, 4.69) is 66.7 Å². The lowest BCUT2D eigenvalue weighted by atomic mass is 9.97. The molecule has 0 saturated heterocycles. The van der Waals surface area contributed by atoms with Crippen LogP contribution in [0.1, 0.15) is 0 Å². The van der Waals surface area contributed by atoms with Crippen LogP contribution in [0.4, 0.5) is 0 Å². The van der Waals surface area contributed by atoms with Crippen LogP contribution in [-0.4, -0.2) is 15.0 Å². The molecule has 6 aromatic carbocycles. The number of nitrogens with zero attached hydrogens (tertiary/aromatic N) is 3. The van der Waals surface area contributed by atoms with Gasteiger partial charge in [-0.05, 0) is 50.5 Å². The molecule has 0 aliphatic rings. The van der Waals surface area contributed by atoms with Crippen molar-refractivity contribution in [3.63, 3.8) is 0 Å². The Morgan fingerprint density at radius 2 is 0.861 bits per heavy atom. The van der Waals surface area contributed by atoms with Gasteiger partial charge in [0.15, 0.2) is 17.5 Å². The predicted octanol–water partition coefficient (Wildman–Crippen LogP) is 8.33. The average Bonchev–Trinajstić information content (AvgIpc) is 2.96. The molecule has 0 amide bonds. The van der Waals surface area contributed by atoms with Crippen LogP contribution in [0.25, 0.3) is 66.5 Å². The van der Waals surface area contributed by atoms with Crippen LogP contribution in [0.2, 0.25) is 0 Å². The zero-order chi connectivity index (χ0) is 23.9. The Hall–Kier alpha value is -4.89. The molecule has 0 bridgehead atoms. The summed E-state index contributed by atoms with van der Waals surface area (Å²) in [4.78, 5) is 14.6. The normalized spacial score (nSPS) is 11.3. The van der Waals surface area contributed by atoms with Crippen LogP contribution < -0.4 is 0 Å². The Morgan fingerprint density at radius 3 is 1.56 bits per heavy atom. The number of hydrogen-bond donors (Lipinski definition) is 0. The van der Waals surface area contributed by atoms with Gasteiger partial charge in [0.25, 0.3) is 0 Å². The van der Waals surface area contributed by atoms with E-state index < -0.39 is 0 Å². The van der Waals surface area contributed by atoms with E-state index in [1.165, 1.54) is 32.3 Å². The van der Waals surface area contributed by atoms with E-state index >= 15 is 0 Å². The van der Waals surface area contributed by atoms with Crippen molar-refractivity contribution in [3.05, 3.63) is 127 Å². The van der Waals surface area contributed by atoms with E-state index in [-0.39, 0.29) is 0 Å². The SMILES string of the molecule is c1ccc(-c2nc(-c3ccccc3)nc(-c3ccc4cc5c(ccc6ccccc65)cc4c3)n2)cc1. The number of benzene rings is 6. The highest BCUT2D eigenvalue weighted by molar-refractivity contribution is 6.12. The zero-order valence-electron chi connectivity index (χ0n) is 19.5. The van der Waals surface area contributed by atoms with Crippen molar-refractivity contribution < 1.29 is 0 Å². The lowest BCUT2D eigenvalue weighted by molar-refractivity contribution is 1.07. The topological polar surface area (TPSA) is 38.7 Å². The minimum atomic E-state index is 0.670. The molecule has 0 aliphatic heterocycles. The Labute approximate surface area is 208 Å². The summed E-state index contributed by atoms with van der Waals surface area (Å²) in [6.07, 6.45) is 0. The van der Waals surface area contributed by atoms with Crippen molar-refractivity contribution in [1.82, 2.24) is 15.0 Å². The zero-order valence-corrected chi connectivity index (χ0v) is 19.5. The van der Waals surface area contributed by atoms with Gasteiger partial charge in [-0.3, -0.25) is 0 Å². The van der Waals surface area contributed by atoms with Gasteiger partial charge in [0, 0.05) is 16.7 Å². The van der Waals surface area contributed by atoms with Gasteiger partial charge in [0.2, 0.25) is 0 Å². The van der Waals surface area contributed by atoms with Crippen LogP contribution in [0.3, 0.4) is 0 Å². The lowest BCUT2D eigenvalue weighted by Crippen LogP contribution is -2.00. The van der Waals surface area contributed by atoms with Gasteiger partial charge >= 0.3 is 0 Å². The quantitative estimate of drug-likeness (QED) is 0.197. The van der Waals surface area contributed by atoms with Crippen molar-refractivity contribution in [2.75, 3.05) is 0 Å². The molecule has 0 saturated carbocycles. The summed E-state index contributed by atoms with van der Waals surface area (Å²) in [5.41, 5.74) is 2.91. The molecule has 0 spiro atoms. The van der Waals surface area contributed by atoms with Crippen LogP contribution in [-0.2, 0) is 0 Å². The smallest absolute Gasteiger partial charge is 0.164 e. The molecule has 7 rings (SSSR count). The second-order valence-corrected chi connectivity index (χ2v) is 8.96. The first-order valence-corrected chi connectivity index (χ1v) is 12.0. The molecule has 3 heteroatoms.